The predicted octanol–water partition coefficient (Wildman–Crippen LogP) is 2.46. The van der Waals surface area contributed by atoms with E-state index in [1.807, 2.05) is 25.1 Å². The van der Waals surface area contributed by atoms with Crippen molar-refractivity contribution in [2.24, 2.45) is 0 Å². The fourth-order valence-corrected chi connectivity index (χ4v) is 2.11. The van der Waals surface area contributed by atoms with Crippen LogP contribution in [-0.4, -0.2) is 25.6 Å². The molecule has 0 aliphatic rings. The number of nitrogens with one attached hydrogen (secondary N) is 2. The van der Waals surface area contributed by atoms with E-state index in [4.69, 9.17) is 4.74 Å². The molecule has 5 heteroatoms. The largest absolute Gasteiger partial charge is 0.483 e. The molecule has 0 aromatic heterocycles. The molecule has 0 heterocycles. The number of hydrogen-bond donors (Lipinski definition) is 2. The standard InChI is InChI=1S/C14H21BrN2O2/c1-3-7-16-9-11-5-6-13(12(15)8-11)19-10-14(18)17-4-2/h5-6,8,16H,3-4,7,9-10H2,1-2H3,(H,17,18). The second kappa shape index (κ2) is 8.93. The van der Waals surface area contributed by atoms with Gasteiger partial charge in [-0.25, -0.2) is 0 Å². The summed E-state index contributed by atoms with van der Waals surface area (Å²) in [6.45, 7) is 6.52. The predicted molar refractivity (Wildman–Crippen MR) is 80.3 cm³/mol. The van der Waals surface area contributed by atoms with Gasteiger partial charge in [0.15, 0.2) is 6.61 Å². The number of likely N-dealkylation sites (N-methyl/N-ethyl adjacent to an activating group) is 1. The molecule has 0 aliphatic carbocycles. The van der Waals surface area contributed by atoms with Crippen molar-refractivity contribution in [3.63, 3.8) is 0 Å². The smallest absolute Gasteiger partial charge is 0.257 e. The maximum absolute atomic E-state index is 11.3. The molecule has 19 heavy (non-hydrogen) atoms. The second-order valence-corrected chi connectivity index (χ2v) is 5.04. The summed E-state index contributed by atoms with van der Waals surface area (Å²) in [6.07, 6.45) is 1.12. The monoisotopic (exact) mass is 328 g/mol. The highest BCUT2D eigenvalue weighted by molar-refractivity contribution is 9.10. The van der Waals surface area contributed by atoms with Crippen LogP contribution in [0.25, 0.3) is 0 Å². The first-order chi connectivity index (χ1) is 9.17. The maximum Gasteiger partial charge on any atom is 0.257 e. The van der Waals surface area contributed by atoms with E-state index < -0.39 is 0 Å². The highest BCUT2D eigenvalue weighted by Gasteiger charge is 2.05. The molecule has 0 bridgehead atoms. The van der Waals surface area contributed by atoms with Crippen molar-refractivity contribution in [3.8, 4) is 5.75 Å². The van der Waals surface area contributed by atoms with Crippen LogP contribution in [0, 0.1) is 0 Å². The lowest BCUT2D eigenvalue weighted by Gasteiger charge is -2.10. The molecule has 1 aromatic rings. The average molecular weight is 329 g/mol. The molecule has 0 saturated carbocycles. The Hall–Kier alpha value is -1.07. The van der Waals surface area contributed by atoms with Crippen LogP contribution in [0.4, 0.5) is 0 Å². The van der Waals surface area contributed by atoms with E-state index in [1.165, 1.54) is 5.56 Å². The third kappa shape index (κ3) is 6.07. The molecule has 1 rings (SSSR count). The van der Waals surface area contributed by atoms with Gasteiger partial charge in [0, 0.05) is 13.1 Å². The lowest BCUT2D eigenvalue weighted by Crippen LogP contribution is -2.28. The zero-order valence-corrected chi connectivity index (χ0v) is 13.0. The third-order valence-electron chi connectivity index (χ3n) is 2.48. The molecular weight excluding hydrogens is 308 g/mol. The lowest BCUT2D eigenvalue weighted by molar-refractivity contribution is -0.122. The first-order valence-corrected chi connectivity index (χ1v) is 7.35. The number of hydrogen-bond acceptors (Lipinski definition) is 3. The summed E-state index contributed by atoms with van der Waals surface area (Å²) in [4.78, 5) is 11.3. The van der Waals surface area contributed by atoms with Gasteiger partial charge >= 0.3 is 0 Å². The number of carbonyl (C=O) groups excluding carboxylic acids is 1. The number of benzene rings is 1. The van der Waals surface area contributed by atoms with Crippen LogP contribution in [0.1, 0.15) is 25.8 Å². The molecule has 0 unspecified atom stereocenters. The zero-order valence-electron chi connectivity index (χ0n) is 11.5. The van der Waals surface area contributed by atoms with Crippen LogP contribution in [0.15, 0.2) is 22.7 Å². The summed E-state index contributed by atoms with van der Waals surface area (Å²) in [5, 5.41) is 6.03. The number of rotatable bonds is 8. The van der Waals surface area contributed by atoms with Crippen LogP contribution in [0.2, 0.25) is 0 Å². The van der Waals surface area contributed by atoms with Gasteiger partial charge in [0.1, 0.15) is 5.75 Å². The molecule has 0 aliphatic heterocycles. The van der Waals surface area contributed by atoms with Gasteiger partial charge in [0.05, 0.1) is 4.47 Å². The molecule has 2 N–H and O–H groups in total. The molecule has 106 valence electrons. The molecule has 1 amide bonds. The minimum atomic E-state index is -0.108. The highest BCUT2D eigenvalue weighted by atomic mass is 79.9. The second-order valence-electron chi connectivity index (χ2n) is 4.18. The van der Waals surface area contributed by atoms with Gasteiger partial charge in [-0.2, -0.15) is 0 Å². The molecule has 0 spiro atoms. The quantitative estimate of drug-likeness (QED) is 0.721. The number of amides is 1. The Balaban J connectivity index is 2.49. The van der Waals surface area contributed by atoms with Crippen molar-refractivity contribution in [1.29, 1.82) is 0 Å². The van der Waals surface area contributed by atoms with Crippen LogP contribution < -0.4 is 15.4 Å². The van der Waals surface area contributed by atoms with Crippen molar-refractivity contribution in [3.05, 3.63) is 28.2 Å². The minimum absolute atomic E-state index is 0.0415. The van der Waals surface area contributed by atoms with E-state index in [0.717, 1.165) is 24.0 Å². The Morgan fingerprint density at radius 2 is 2.16 bits per heavy atom. The van der Waals surface area contributed by atoms with Gasteiger partial charge in [-0.15, -0.1) is 0 Å². The Kier molecular flexibility index (Phi) is 7.52. The minimum Gasteiger partial charge on any atom is -0.483 e. The molecule has 0 radical (unpaired) electrons. The fraction of sp³-hybridized carbons (Fsp3) is 0.500. The van der Waals surface area contributed by atoms with Crippen LogP contribution in [-0.2, 0) is 11.3 Å². The summed E-state index contributed by atoms with van der Waals surface area (Å²) in [5.74, 6) is 0.577. The van der Waals surface area contributed by atoms with Crippen molar-refractivity contribution in [2.75, 3.05) is 19.7 Å². The Morgan fingerprint density at radius 1 is 1.37 bits per heavy atom. The zero-order chi connectivity index (χ0) is 14.1. The molecular formula is C14H21BrN2O2. The highest BCUT2D eigenvalue weighted by Crippen LogP contribution is 2.25. The summed E-state index contributed by atoms with van der Waals surface area (Å²) >= 11 is 3.46. The van der Waals surface area contributed by atoms with E-state index in [0.29, 0.717) is 12.3 Å². The first kappa shape index (κ1) is 16.0. The summed E-state index contributed by atoms with van der Waals surface area (Å²) < 4.78 is 6.32. The summed E-state index contributed by atoms with van der Waals surface area (Å²) in [5.41, 5.74) is 1.19. The van der Waals surface area contributed by atoms with Gasteiger partial charge in [-0.1, -0.05) is 13.0 Å². The third-order valence-corrected chi connectivity index (χ3v) is 3.10. The van der Waals surface area contributed by atoms with Crippen molar-refractivity contribution in [1.82, 2.24) is 10.6 Å². The van der Waals surface area contributed by atoms with Gasteiger partial charge < -0.3 is 15.4 Å². The van der Waals surface area contributed by atoms with Crippen molar-refractivity contribution in [2.45, 2.75) is 26.8 Å². The van der Waals surface area contributed by atoms with Crippen LogP contribution in [0.3, 0.4) is 0 Å². The molecule has 0 saturated heterocycles. The summed E-state index contributed by atoms with van der Waals surface area (Å²) in [6, 6.07) is 5.89. The van der Waals surface area contributed by atoms with E-state index in [-0.39, 0.29) is 12.5 Å². The van der Waals surface area contributed by atoms with E-state index in [1.54, 1.807) is 0 Å². The van der Waals surface area contributed by atoms with E-state index in [9.17, 15) is 4.79 Å². The van der Waals surface area contributed by atoms with E-state index in [2.05, 4.69) is 33.5 Å². The van der Waals surface area contributed by atoms with Crippen molar-refractivity contribution < 1.29 is 9.53 Å². The molecule has 1 aromatic carbocycles. The van der Waals surface area contributed by atoms with Crippen LogP contribution in [0.5, 0.6) is 5.75 Å². The van der Waals surface area contributed by atoms with Crippen LogP contribution >= 0.6 is 15.9 Å². The average Bonchev–Trinajstić information content (AvgIpc) is 2.38. The fourth-order valence-electron chi connectivity index (χ4n) is 1.57. The van der Waals surface area contributed by atoms with Gasteiger partial charge in [-0.3, -0.25) is 4.79 Å². The molecule has 0 atom stereocenters. The van der Waals surface area contributed by atoms with Crippen molar-refractivity contribution >= 4 is 21.8 Å². The number of ether oxygens (including phenoxy) is 1. The number of halogens is 1. The summed E-state index contributed by atoms with van der Waals surface area (Å²) in [7, 11) is 0. The Bertz CT molecular complexity index is 410. The number of carbonyl (C=O) groups is 1. The van der Waals surface area contributed by atoms with Gasteiger partial charge in [0.25, 0.3) is 5.91 Å². The maximum atomic E-state index is 11.3. The lowest BCUT2D eigenvalue weighted by atomic mass is 10.2. The topological polar surface area (TPSA) is 50.4 Å². The Labute approximate surface area is 123 Å². The van der Waals surface area contributed by atoms with E-state index >= 15 is 0 Å². The molecule has 0 fully saturated rings. The van der Waals surface area contributed by atoms with Gasteiger partial charge in [-0.05, 0) is 53.5 Å². The Morgan fingerprint density at radius 3 is 2.79 bits per heavy atom. The van der Waals surface area contributed by atoms with Gasteiger partial charge in [0.2, 0.25) is 0 Å². The normalized spacial score (nSPS) is 10.3. The SMILES string of the molecule is CCCNCc1ccc(OCC(=O)NCC)c(Br)c1. The first-order valence-electron chi connectivity index (χ1n) is 6.56. The molecule has 4 nitrogen and oxygen atoms in total.